The van der Waals surface area contributed by atoms with Crippen LogP contribution in [0.1, 0.15) is 41.3 Å². The molecule has 0 saturated carbocycles. The maximum atomic E-state index is 12.0. The molecule has 0 spiro atoms. The minimum Gasteiger partial charge on any atom is -0.452 e. The summed E-state index contributed by atoms with van der Waals surface area (Å²) >= 11 is 0. The molecule has 0 fully saturated rings. The first kappa shape index (κ1) is 18.7. The summed E-state index contributed by atoms with van der Waals surface area (Å²) in [6, 6.07) is 14.5. The molecule has 0 aliphatic heterocycles. The predicted molar refractivity (Wildman–Crippen MR) is 96.6 cm³/mol. The molecule has 0 bridgehead atoms. The molecule has 1 amide bonds. The summed E-state index contributed by atoms with van der Waals surface area (Å²) < 4.78 is 10.1. The zero-order valence-corrected chi connectivity index (χ0v) is 14.7. The van der Waals surface area contributed by atoms with Crippen LogP contribution in [-0.4, -0.2) is 25.6 Å². The summed E-state index contributed by atoms with van der Waals surface area (Å²) in [5.74, 6) is -0.475. The van der Waals surface area contributed by atoms with Gasteiger partial charge in [0.25, 0.3) is 5.91 Å². The Balaban J connectivity index is 1.83. The Kier molecular flexibility index (Phi) is 6.71. The lowest BCUT2D eigenvalue weighted by atomic mass is 10.0. The van der Waals surface area contributed by atoms with Crippen LogP contribution in [0.5, 0.6) is 0 Å². The zero-order valence-electron chi connectivity index (χ0n) is 14.7. The van der Waals surface area contributed by atoms with Crippen molar-refractivity contribution in [3.63, 3.8) is 0 Å². The molecule has 1 N–H and O–H groups in total. The summed E-state index contributed by atoms with van der Waals surface area (Å²) in [6.45, 7) is 4.36. The van der Waals surface area contributed by atoms with Gasteiger partial charge in [0.2, 0.25) is 0 Å². The smallest absolute Gasteiger partial charge is 0.338 e. The Hall–Kier alpha value is -2.66. The van der Waals surface area contributed by atoms with Crippen molar-refractivity contribution in [2.24, 2.45) is 0 Å². The molecular weight excluding hydrogens is 318 g/mol. The van der Waals surface area contributed by atoms with Gasteiger partial charge in [0.15, 0.2) is 6.61 Å². The van der Waals surface area contributed by atoms with Crippen LogP contribution in [0.3, 0.4) is 0 Å². The average molecular weight is 341 g/mol. The van der Waals surface area contributed by atoms with E-state index in [2.05, 4.69) is 19.2 Å². The number of hydrogen-bond acceptors (Lipinski definition) is 4. The fraction of sp³-hybridized carbons (Fsp3) is 0.300. The second kappa shape index (κ2) is 8.99. The molecule has 0 heterocycles. The summed E-state index contributed by atoms with van der Waals surface area (Å²) in [6.07, 6.45) is 0. The van der Waals surface area contributed by atoms with Gasteiger partial charge in [-0.3, -0.25) is 4.79 Å². The zero-order chi connectivity index (χ0) is 18.2. The van der Waals surface area contributed by atoms with Gasteiger partial charge in [-0.05, 0) is 41.3 Å². The molecule has 5 nitrogen and oxygen atoms in total. The Bertz CT molecular complexity index is 705. The molecule has 0 saturated heterocycles. The SMILES string of the molecule is COCc1ccc(C(=O)OCC(=O)Nc2ccc(C(C)C)cc2)cc1. The Morgan fingerprint density at radius 2 is 1.64 bits per heavy atom. The van der Waals surface area contributed by atoms with Crippen LogP contribution in [0, 0.1) is 0 Å². The van der Waals surface area contributed by atoms with Crippen molar-refractivity contribution < 1.29 is 19.1 Å². The lowest BCUT2D eigenvalue weighted by molar-refractivity contribution is -0.119. The first-order chi connectivity index (χ1) is 12.0. The molecule has 2 aromatic rings. The van der Waals surface area contributed by atoms with Crippen LogP contribution in [0.15, 0.2) is 48.5 Å². The lowest BCUT2D eigenvalue weighted by Crippen LogP contribution is -2.20. The average Bonchev–Trinajstić information content (AvgIpc) is 2.61. The number of anilines is 1. The molecule has 132 valence electrons. The Labute approximate surface area is 148 Å². The van der Waals surface area contributed by atoms with Gasteiger partial charge in [0, 0.05) is 12.8 Å². The van der Waals surface area contributed by atoms with Gasteiger partial charge in [-0.2, -0.15) is 0 Å². The van der Waals surface area contributed by atoms with Crippen molar-refractivity contribution in [3.05, 3.63) is 65.2 Å². The van der Waals surface area contributed by atoms with E-state index in [0.29, 0.717) is 23.8 Å². The van der Waals surface area contributed by atoms with E-state index in [1.165, 1.54) is 5.56 Å². The second-order valence-corrected chi connectivity index (χ2v) is 6.03. The third-order valence-corrected chi connectivity index (χ3v) is 3.70. The summed E-state index contributed by atoms with van der Waals surface area (Å²) in [7, 11) is 1.61. The molecule has 0 aliphatic rings. The number of esters is 1. The number of carbonyl (C=O) groups is 2. The maximum Gasteiger partial charge on any atom is 0.338 e. The normalized spacial score (nSPS) is 10.6. The highest BCUT2D eigenvalue weighted by molar-refractivity contribution is 5.95. The molecule has 0 atom stereocenters. The van der Waals surface area contributed by atoms with Gasteiger partial charge >= 0.3 is 5.97 Å². The molecule has 0 aromatic heterocycles. The van der Waals surface area contributed by atoms with Crippen molar-refractivity contribution in [1.82, 2.24) is 0 Å². The first-order valence-electron chi connectivity index (χ1n) is 8.14. The number of nitrogens with one attached hydrogen (secondary N) is 1. The van der Waals surface area contributed by atoms with Crippen LogP contribution in [-0.2, 0) is 20.9 Å². The topological polar surface area (TPSA) is 64.6 Å². The van der Waals surface area contributed by atoms with E-state index in [9.17, 15) is 9.59 Å². The molecular formula is C20H23NO4. The minimum atomic E-state index is -0.533. The number of hydrogen-bond donors (Lipinski definition) is 1. The maximum absolute atomic E-state index is 12.0. The van der Waals surface area contributed by atoms with Crippen LogP contribution >= 0.6 is 0 Å². The van der Waals surface area contributed by atoms with E-state index in [1.54, 1.807) is 31.4 Å². The highest BCUT2D eigenvalue weighted by atomic mass is 16.5. The van der Waals surface area contributed by atoms with Crippen molar-refractivity contribution in [2.75, 3.05) is 19.0 Å². The lowest BCUT2D eigenvalue weighted by Gasteiger charge is -2.09. The number of amides is 1. The van der Waals surface area contributed by atoms with Gasteiger partial charge in [-0.15, -0.1) is 0 Å². The van der Waals surface area contributed by atoms with Crippen molar-refractivity contribution in [2.45, 2.75) is 26.4 Å². The van der Waals surface area contributed by atoms with E-state index in [1.807, 2.05) is 24.3 Å². The predicted octanol–water partition coefficient (Wildman–Crippen LogP) is 3.75. The standard InChI is InChI=1S/C20H23NO4/c1-14(2)16-8-10-18(11-9-16)21-19(22)13-25-20(23)17-6-4-15(5-7-17)12-24-3/h4-11,14H,12-13H2,1-3H3,(H,21,22). The third kappa shape index (κ3) is 5.72. The van der Waals surface area contributed by atoms with E-state index >= 15 is 0 Å². The highest BCUT2D eigenvalue weighted by Crippen LogP contribution is 2.17. The van der Waals surface area contributed by atoms with Crippen LogP contribution in [0.25, 0.3) is 0 Å². The minimum absolute atomic E-state index is 0.329. The van der Waals surface area contributed by atoms with Crippen molar-refractivity contribution in [1.29, 1.82) is 0 Å². The summed E-state index contributed by atoms with van der Waals surface area (Å²) in [5, 5.41) is 2.71. The van der Waals surface area contributed by atoms with Gasteiger partial charge in [0.1, 0.15) is 0 Å². The van der Waals surface area contributed by atoms with Crippen LogP contribution < -0.4 is 5.32 Å². The summed E-state index contributed by atoms with van der Waals surface area (Å²) in [4.78, 5) is 23.9. The Morgan fingerprint density at radius 3 is 2.20 bits per heavy atom. The second-order valence-electron chi connectivity index (χ2n) is 6.03. The fourth-order valence-electron chi connectivity index (χ4n) is 2.27. The largest absolute Gasteiger partial charge is 0.452 e. The fourth-order valence-corrected chi connectivity index (χ4v) is 2.27. The van der Waals surface area contributed by atoms with Crippen LogP contribution in [0.4, 0.5) is 5.69 Å². The molecule has 2 aromatic carbocycles. The van der Waals surface area contributed by atoms with Crippen molar-refractivity contribution in [3.8, 4) is 0 Å². The van der Waals surface area contributed by atoms with Crippen molar-refractivity contribution >= 4 is 17.6 Å². The molecule has 0 radical (unpaired) electrons. The highest BCUT2D eigenvalue weighted by Gasteiger charge is 2.10. The van der Waals surface area contributed by atoms with E-state index in [-0.39, 0.29) is 12.5 Å². The van der Waals surface area contributed by atoms with Gasteiger partial charge in [0.05, 0.1) is 12.2 Å². The number of benzene rings is 2. The van der Waals surface area contributed by atoms with Gasteiger partial charge in [-0.25, -0.2) is 4.79 Å². The van der Waals surface area contributed by atoms with E-state index < -0.39 is 5.97 Å². The first-order valence-corrected chi connectivity index (χ1v) is 8.14. The number of methoxy groups -OCH3 is 1. The van der Waals surface area contributed by atoms with E-state index in [4.69, 9.17) is 9.47 Å². The number of ether oxygens (including phenoxy) is 2. The van der Waals surface area contributed by atoms with Gasteiger partial charge < -0.3 is 14.8 Å². The monoisotopic (exact) mass is 341 g/mol. The Morgan fingerprint density at radius 1 is 1.00 bits per heavy atom. The van der Waals surface area contributed by atoms with Gasteiger partial charge in [-0.1, -0.05) is 38.1 Å². The number of rotatable bonds is 7. The third-order valence-electron chi connectivity index (χ3n) is 3.70. The van der Waals surface area contributed by atoms with Crippen LogP contribution in [0.2, 0.25) is 0 Å². The van der Waals surface area contributed by atoms with E-state index in [0.717, 1.165) is 5.56 Å². The molecule has 25 heavy (non-hydrogen) atoms. The molecule has 5 heteroatoms. The quantitative estimate of drug-likeness (QED) is 0.779. The molecule has 0 aliphatic carbocycles. The summed E-state index contributed by atoms with van der Waals surface area (Å²) in [5.41, 5.74) is 3.23. The number of carbonyl (C=O) groups excluding carboxylic acids is 2. The molecule has 2 rings (SSSR count). The molecule has 0 unspecified atom stereocenters.